The first-order valence-corrected chi connectivity index (χ1v) is 7.74. The number of amides is 2. The minimum absolute atomic E-state index is 0.336. The molecule has 0 aliphatic carbocycles. The standard InChI is InChI=1S/C17H13NO4S/c1-10-6-7-11(23-10)8-14-12-4-2-3-5-13(12)16(21)18(17(14)22)9-15(19)20/h2-8H,9H2,1H3,(H,19,20)/b14-8-. The summed E-state index contributed by atoms with van der Waals surface area (Å²) in [6, 6.07) is 10.6. The Balaban J connectivity index is 2.15. The summed E-state index contributed by atoms with van der Waals surface area (Å²) in [4.78, 5) is 38.7. The molecule has 0 saturated carbocycles. The second kappa shape index (κ2) is 5.81. The van der Waals surface area contributed by atoms with Crippen molar-refractivity contribution in [2.45, 2.75) is 6.92 Å². The molecular formula is C17H13NO4S. The SMILES string of the molecule is Cc1ccc(/C=C2\C(=O)N(CC(=O)O)C(=O)c3ccccc32)s1. The van der Waals surface area contributed by atoms with Crippen LogP contribution in [0.1, 0.15) is 25.7 Å². The van der Waals surface area contributed by atoms with Gasteiger partial charge in [0.05, 0.1) is 0 Å². The van der Waals surface area contributed by atoms with Crippen LogP contribution in [0, 0.1) is 6.92 Å². The molecule has 5 nitrogen and oxygen atoms in total. The number of hydrogen-bond donors (Lipinski definition) is 1. The maximum Gasteiger partial charge on any atom is 0.323 e. The molecule has 1 aromatic heterocycles. The van der Waals surface area contributed by atoms with E-state index in [1.165, 1.54) is 11.3 Å². The predicted octanol–water partition coefficient (Wildman–Crippen LogP) is 2.66. The van der Waals surface area contributed by atoms with Gasteiger partial charge in [0, 0.05) is 20.9 Å². The van der Waals surface area contributed by atoms with E-state index < -0.39 is 24.3 Å². The number of hydrogen-bond acceptors (Lipinski definition) is 4. The number of aliphatic carboxylic acids is 1. The second-order valence-electron chi connectivity index (χ2n) is 5.14. The highest BCUT2D eigenvalue weighted by Crippen LogP contribution is 2.31. The van der Waals surface area contributed by atoms with E-state index in [1.54, 1.807) is 30.3 Å². The van der Waals surface area contributed by atoms with Crippen LogP contribution in [-0.2, 0) is 9.59 Å². The Kier molecular flexibility index (Phi) is 3.83. The third kappa shape index (κ3) is 2.80. The van der Waals surface area contributed by atoms with Crippen molar-refractivity contribution in [3.05, 3.63) is 57.3 Å². The third-order valence-electron chi connectivity index (χ3n) is 3.51. The Morgan fingerprint density at radius 2 is 1.83 bits per heavy atom. The van der Waals surface area contributed by atoms with Gasteiger partial charge in [-0.3, -0.25) is 19.3 Å². The maximum atomic E-state index is 12.6. The summed E-state index contributed by atoms with van der Waals surface area (Å²) in [6.07, 6.45) is 1.71. The van der Waals surface area contributed by atoms with E-state index in [0.29, 0.717) is 16.7 Å². The van der Waals surface area contributed by atoms with E-state index in [4.69, 9.17) is 5.11 Å². The van der Waals surface area contributed by atoms with Gasteiger partial charge in [-0.05, 0) is 36.8 Å². The second-order valence-corrected chi connectivity index (χ2v) is 6.46. The molecule has 2 aromatic rings. The quantitative estimate of drug-likeness (QED) is 0.695. The van der Waals surface area contributed by atoms with Crippen molar-refractivity contribution in [3.8, 4) is 0 Å². The van der Waals surface area contributed by atoms with Gasteiger partial charge < -0.3 is 5.11 Å². The van der Waals surface area contributed by atoms with E-state index in [0.717, 1.165) is 14.7 Å². The van der Waals surface area contributed by atoms with E-state index in [-0.39, 0.29) is 0 Å². The van der Waals surface area contributed by atoms with Gasteiger partial charge in [-0.1, -0.05) is 18.2 Å². The predicted molar refractivity (Wildman–Crippen MR) is 87.0 cm³/mol. The van der Waals surface area contributed by atoms with Gasteiger partial charge in [0.15, 0.2) is 0 Å². The van der Waals surface area contributed by atoms with Crippen LogP contribution in [0.15, 0.2) is 36.4 Å². The molecule has 116 valence electrons. The normalized spacial score (nSPS) is 15.9. The number of carboxylic acid groups (broad SMARTS) is 1. The number of thiophene rings is 1. The van der Waals surface area contributed by atoms with Gasteiger partial charge in [-0.15, -0.1) is 11.3 Å². The van der Waals surface area contributed by atoms with Gasteiger partial charge >= 0.3 is 5.97 Å². The van der Waals surface area contributed by atoms with Gasteiger partial charge in [0.25, 0.3) is 11.8 Å². The first-order valence-electron chi connectivity index (χ1n) is 6.93. The molecule has 3 rings (SSSR count). The van der Waals surface area contributed by atoms with Crippen molar-refractivity contribution in [2.75, 3.05) is 6.54 Å². The molecule has 1 aliphatic heterocycles. The van der Waals surface area contributed by atoms with Crippen molar-refractivity contribution >= 4 is 40.8 Å². The summed E-state index contributed by atoms with van der Waals surface area (Å²) in [5.74, 6) is -2.38. The largest absolute Gasteiger partial charge is 0.480 e. The van der Waals surface area contributed by atoms with E-state index in [2.05, 4.69) is 0 Å². The van der Waals surface area contributed by atoms with Crippen molar-refractivity contribution < 1.29 is 19.5 Å². The highest BCUT2D eigenvalue weighted by atomic mass is 32.1. The van der Waals surface area contributed by atoms with Crippen molar-refractivity contribution in [1.82, 2.24) is 4.90 Å². The van der Waals surface area contributed by atoms with Gasteiger partial charge in [-0.2, -0.15) is 0 Å². The molecule has 2 heterocycles. The third-order valence-corrected chi connectivity index (χ3v) is 4.46. The van der Waals surface area contributed by atoms with E-state index in [1.807, 2.05) is 19.1 Å². The highest BCUT2D eigenvalue weighted by Gasteiger charge is 2.35. The molecule has 0 saturated heterocycles. The molecule has 1 N–H and O–H groups in total. The fourth-order valence-electron chi connectivity index (χ4n) is 2.49. The molecule has 1 aliphatic rings. The van der Waals surface area contributed by atoms with Crippen molar-refractivity contribution in [1.29, 1.82) is 0 Å². The van der Waals surface area contributed by atoms with Crippen LogP contribution in [-0.4, -0.2) is 34.3 Å². The Labute approximate surface area is 136 Å². The number of aryl methyl sites for hydroxylation is 1. The lowest BCUT2D eigenvalue weighted by Gasteiger charge is -2.27. The number of carboxylic acids is 1. The van der Waals surface area contributed by atoms with E-state index in [9.17, 15) is 14.4 Å². The molecule has 1 aromatic carbocycles. The topological polar surface area (TPSA) is 74.7 Å². The number of rotatable bonds is 3. The van der Waals surface area contributed by atoms with Crippen LogP contribution < -0.4 is 0 Å². The van der Waals surface area contributed by atoms with Crippen LogP contribution in [0.2, 0.25) is 0 Å². The summed E-state index contributed by atoms with van der Waals surface area (Å²) >= 11 is 1.53. The van der Waals surface area contributed by atoms with Crippen LogP contribution in [0.3, 0.4) is 0 Å². The maximum absolute atomic E-state index is 12.6. The molecule has 0 atom stereocenters. The summed E-state index contributed by atoms with van der Waals surface area (Å²) in [5, 5.41) is 8.97. The number of nitrogens with zero attached hydrogens (tertiary/aromatic N) is 1. The fourth-order valence-corrected chi connectivity index (χ4v) is 3.32. The number of fused-ring (bicyclic) bond motifs is 1. The van der Waals surface area contributed by atoms with E-state index >= 15 is 0 Å². The van der Waals surface area contributed by atoms with Crippen LogP contribution in [0.4, 0.5) is 0 Å². The van der Waals surface area contributed by atoms with Gasteiger partial charge in [0.1, 0.15) is 6.54 Å². The van der Waals surface area contributed by atoms with Gasteiger partial charge in [0.2, 0.25) is 0 Å². The average molecular weight is 327 g/mol. The average Bonchev–Trinajstić information content (AvgIpc) is 2.93. The molecule has 6 heteroatoms. The molecule has 23 heavy (non-hydrogen) atoms. The molecule has 2 amide bonds. The minimum atomic E-state index is -1.22. The number of carbonyl (C=O) groups excluding carboxylic acids is 2. The Morgan fingerprint density at radius 3 is 2.43 bits per heavy atom. The Morgan fingerprint density at radius 1 is 1.13 bits per heavy atom. The summed E-state index contributed by atoms with van der Waals surface area (Å²) in [6.45, 7) is 1.32. The smallest absolute Gasteiger partial charge is 0.323 e. The first-order chi connectivity index (χ1) is 11.0. The first kappa shape index (κ1) is 15.2. The molecule has 0 spiro atoms. The number of carbonyl (C=O) groups is 3. The highest BCUT2D eigenvalue weighted by molar-refractivity contribution is 7.12. The molecule has 0 bridgehead atoms. The van der Waals surface area contributed by atoms with Crippen LogP contribution in [0.25, 0.3) is 11.6 Å². The lowest BCUT2D eigenvalue weighted by atomic mass is 9.93. The summed E-state index contributed by atoms with van der Waals surface area (Å²) in [7, 11) is 0. The lowest BCUT2D eigenvalue weighted by Crippen LogP contribution is -2.44. The lowest BCUT2D eigenvalue weighted by molar-refractivity contribution is -0.141. The fraction of sp³-hybridized carbons (Fsp3) is 0.118. The molecule has 0 fully saturated rings. The Bertz CT molecular complexity index is 850. The number of imide groups is 1. The minimum Gasteiger partial charge on any atom is -0.480 e. The van der Waals surface area contributed by atoms with Crippen LogP contribution in [0.5, 0.6) is 0 Å². The molecule has 0 radical (unpaired) electrons. The Hall–Kier alpha value is -2.73. The molecule has 0 unspecified atom stereocenters. The number of benzene rings is 1. The van der Waals surface area contributed by atoms with Crippen LogP contribution >= 0.6 is 11.3 Å². The summed E-state index contributed by atoms with van der Waals surface area (Å²) < 4.78 is 0. The monoisotopic (exact) mass is 327 g/mol. The van der Waals surface area contributed by atoms with Crippen molar-refractivity contribution in [2.24, 2.45) is 0 Å². The zero-order chi connectivity index (χ0) is 16.6. The van der Waals surface area contributed by atoms with Gasteiger partial charge in [-0.25, -0.2) is 0 Å². The summed E-state index contributed by atoms with van der Waals surface area (Å²) in [5.41, 5.74) is 1.21. The zero-order valence-electron chi connectivity index (χ0n) is 12.3. The zero-order valence-corrected chi connectivity index (χ0v) is 13.1. The van der Waals surface area contributed by atoms with Crippen molar-refractivity contribution in [3.63, 3.8) is 0 Å². The molecular weight excluding hydrogens is 314 g/mol.